The summed E-state index contributed by atoms with van der Waals surface area (Å²) < 4.78 is 0. The zero-order chi connectivity index (χ0) is 15.4. The normalized spacial score (nSPS) is 22.7. The number of aromatic nitrogens is 1. The second kappa shape index (κ2) is 7.09. The Labute approximate surface area is 132 Å². The molecule has 0 saturated carbocycles. The Balaban J connectivity index is 1.69. The standard InChI is InChI=1S/C17H26N4O/c18-12-15-6-5-11-21(15)17(22)14-7-8-16(19-13-14)20-9-3-1-2-4-10-20/h7-8,13,15H,1-6,9-12,18H2. The predicted molar refractivity (Wildman–Crippen MR) is 88.0 cm³/mol. The number of hydrogen-bond acceptors (Lipinski definition) is 4. The maximum atomic E-state index is 12.6. The van der Waals surface area contributed by atoms with Gasteiger partial charge >= 0.3 is 0 Å². The molecule has 2 aliphatic rings. The van der Waals surface area contributed by atoms with Crippen molar-refractivity contribution in [3.8, 4) is 0 Å². The lowest BCUT2D eigenvalue weighted by molar-refractivity contribution is 0.0741. The molecule has 0 bridgehead atoms. The van der Waals surface area contributed by atoms with E-state index in [4.69, 9.17) is 5.73 Å². The van der Waals surface area contributed by atoms with Gasteiger partial charge in [0.15, 0.2) is 0 Å². The van der Waals surface area contributed by atoms with Crippen molar-refractivity contribution < 1.29 is 4.79 Å². The zero-order valence-electron chi connectivity index (χ0n) is 13.2. The molecule has 3 heterocycles. The van der Waals surface area contributed by atoms with Gasteiger partial charge in [0.1, 0.15) is 5.82 Å². The van der Waals surface area contributed by atoms with Crippen LogP contribution in [0.3, 0.4) is 0 Å². The van der Waals surface area contributed by atoms with E-state index in [2.05, 4.69) is 9.88 Å². The van der Waals surface area contributed by atoms with E-state index in [1.54, 1.807) is 6.20 Å². The van der Waals surface area contributed by atoms with Crippen molar-refractivity contribution in [2.24, 2.45) is 5.73 Å². The van der Waals surface area contributed by atoms with Crippen molar-refractivity contribution in [2.45, 2.75) is 44.6 Å². The van der Waals surface area contributed by atoms with E-state index in [-0.39, 0.29) is 11.9 Å². The molecule has 1 amide bonds. The van der Waals surface area contributed by atoms with E-state index in [0.717, 1.165) is 38.3 Å². The van der Waals surface area contributed by atoms with Gasteiger partial charge in [-0.15, -0.1) is 0 Å². The SMILES string of the molecule is NCC1CCCN1C(=O)c1ccc(N2CCCCCC2)nc1. The molecule has 5 nitrogen and oxygen atoms in total. The van der Waals surface area contributed by atoms with Crippen molar-refractivity contribution in [2.75, 3.05) is 31.1 Å². The number of rotatable bonds is 3. The molecule has 1 unspecified atom stereocenters. The topological polar surface area (TPSA) is 62.5 Å². The van der Waals surface area contributed by atoms with Gasteiger partial charge in [-0.1, -0.05) is 12.8 Å². The smallest absolute Gasteiger partial charge is 0.255 e. The maximum absolute atomic E-state index is 12.6. The highest BCUT2D eigenvalue weighted by Gasteiger charge is 2.28. The van der Waals surface area contributed by atoms with E-state index < -0.39 is 0 Å². The number of amides is 1. The molecule has 2 saturated heterocycles. The zero-order valence-corrected chi connectivity index (χ0v) is 13.2. The Morgan fingerprint density at radius 3 is 2.55 bits per heavy atom. The third-order valence-electron chi connectivity index (χ3n) is 4.83. The fourth-order valence-electron chi connectivity index (χ4n) is 3.51. The van der Waals surface area contributed by atoms with Gasteiger partial charge in [-0.2, -0.15) is 0 Å². The molecular formula is C17H26N4O. The Morgan fingerprint density at radius 2 is 1.91 bits per heavy atom. The van der Waals surface area contributed by atoms with Gasteiger partial charge in [-0.3, -0.25) is 4.79 Å². The molecule has 0 radical (unpaired) electrons. The molecule has 120 valence electrons. The largest absolute Gasteiger partial charge is 0.357 e. The summed E-state index contributed by atoms with van der Waals surface area (Å²) in [5.74, 6) is 1.07. The molecule has 2 fully saturated rings. The van der Waals surface area contributed by atoms with Crippen LogP contribution in [0.15, 0.2) is 18.3 Å². The van der Waals surface area contributed by atoms with Gasteiger partial charge in [0.2, 0.25) is 0 Å². The van der Waals surface area contributed by atoms with Gasteiger partial charge < -0.3 is 15.5 Å². The molecule has 2 N–H and O–H groups in total. The minimum atomic E-state index is 0.0721. The summed E-state index contributed by atoms with van der Waals surface area (Å²) in [6, 6.07) is 4.10. The summed E-state index contributed by atoms with van der Waals surface area (Å²) in [6.07, 6.45) is 8.87. The summed E-state index contributed by atoms with van der Waals surface area (Å²) in [5.41, 5.74) is 6.44. The van der Waals surface area contributed by atoms with Crippen LogP contribution in [0.1, 0.15) is 48.9 Å². The number of carbonyl (C=O) groups is 1. The van der Waals surface area contributed by atoms with Crippen LogP contribution in [-0.2, 0) is 0 Å². The van der Waals surface area contributed by atoms with E-state index >= 15 is 0 Å². The van der Waals surface area contributed by atoms with Crippen molar-refractivity contribution in [3.05, 3.63) is 23.9 Å². The molecule has 0 aromatic carbocycles. The minimum absolute atomic E-state index is 0.0721. The number of nitrogens with zero attached hydrogens (tertiary/aromatic N) is 3. The Hall–Kier alpha value is -1.62. The summed E-state index contributed by atoms with van der Waals surface area (Å²) in [4.78, 5) is 21.3. The molecule has 0 aliphatic carbocycles. The van der Waals surface area contributed by atoms with Gasteiger partial charge in [0.25, 0.3) is 5.91 Å². The molecule has 1 atom stereocenters. The van der Waals surface area contributed by atoms with Gasteiger partial charge in [0, 0.05) is 38.4 Å². The molecule has 22 heavy (non-hydrogen) atoms. The number of anilines is 1. The van der Waals surface area contributed by atoms with E-state index in [1.807, 2.05) is 17.0 Å². The quantitative estimate of drug-likeness (QED) is 0.928. The molecule has 1 aromatic rings. The first-order valence-electron chi connectivity index (χ1n) is 8.51. The number of carbonyl (C=O) groups excluding carboxylic acids is 1. The lowest BCUT2D eigenvalue weighted by Crippen LogP contribution is -2.40. The van der Waals surface area contributed by atoms with Crippen molar-refractivity contribution >= 4 is 11.7 Å². The van der Waals surface area contributed by atoms with E-state index in [0.29, 0.717) is 12.1 Å². The van der Waals surface area contributed by atoms with Crippen LogP contribution in [0.2, 0.25) is 0 Å². The summed E-state index contributed by atoms with van der Waals surface area (Å²) in [7, 11) is 0. The highest BCUT2D eigenvalue weighted by Crippen LogP contribution is 2.21. The number of pyridine rings is 1. The van der Waals surface area contributed by atoms with E-state index in [1.165, 1.54) is 25.7 Å². The molecule has 2 aliphatic heterocycles. The number of hydrogen-bond donors (Lipinski definition) is 1. The van der Waals surface area contributed by atoms with Crippen molar-refractivity contribution in [1.29, 1.82) is 0 Å². The summed E-state index contributed by atoms with van der Waals surface area (Å²) >= 11 is 0. The van der Waals surface area contributed by atoms with Crippen LogP contribution in [0, 0.1) is 0 Å². The van der Waals surface area contributed by atoms with Crippen LogP contribution >= 0.6 is 0 Å². The van der Waals surface area contributed by atoms with Crippen molar-refractivity contribution in [3.63, 3.8) is 0 Å². The highest BCUT2D eigenvalue weighted by molar-refractivity contribution is 5.94. The van der Waals surface area contributed by atoms with Crippen LogP contribution in [-0.4, -0.2) is 48.0 Å². The van der Waals surface area contributed by atoms with Gasteiger partial charge in [0.05, 0.1) is 5.56 Å². The minimum Gasteiger partial charge on any atom is -0.357 e. The number of likely N-dealkylation sites (tertiary alicyclic amines) is 1. The van der Waals surface area contributed by atoms with Gasteiger partial charge in [-0.05, 0) is 37.8 Å². The Kier molecular flexibility index (Phi) is 4.93. The fourth-order valence-corrected chi connectivity index (χ4v) is 3.51. The van der Waals surface area contributed by atoms with E-state index in [9.17, 15) is 4.79 Å². The van der Waals surface area contributed by atoms with Crippen LogP contribution < -0.4 is 10.6 Å². The lowest BCUT2D eigenvalue weighted by atomic mass is 10.2. The molecule has 0 spiro atoms. The molecule has 1 aromatic heterocycles. The first kappa shape index (κ1) is 15.3. The maximum Gasteiger partial charge on any atom is 0.255 e. The van der Waals surface area contributed by atoms with Crippen LogP contribution in [0.5, 0.6) is 0 Å². The number of nitrogens with two attached hydrogens (primary N) is 1. The second-order valence-electron chi connectivity index (χ2n) is 6.34. The molecule has 3 rings (SSSR count). The monoisotopic (exact) mass is 302 g/mol. The predicted octanol–water partition coefficient (Wildman–Crippen LogP) is 2.03. The first-order chi connectivity index (χ1) is 10.8. The summed E-state index contributed by atoms with van der Waals surface area (Å²) in [6.45, 7) is 3.50. The fraction of sp³-hybridized carbons (Fsp3) is 0.647. The van der Waals surface area contributed by atoms with Gasteiger partial charge in [-0.25, -0.2) is 4.98 Å². The van der Waals surface area contributed by atoms with Crippen LogP contribution in [0.25, 0.3) is 0 Å². The average Bonchev–Trinajstić information content (AvgIpc) is 2.88. The summed E-state index contributed by atoms with van der Waals surface area (Å²) in [5, 5.41) is 0. The Bertz CT molecular complexity index is 494. The first-order valence-corrected chi connectivity index (χ1v) is 8.51. The van der Waals surface area contributed by atoms with Crippen LogP contribution in [0.4, 0.5) is 5.82 Å². The van der Waals surface area contributed by atoms with Crippen molar-refractivity contribution in [1.82, 2.24) is 9.88 Å². The second-order valence-corrected chi connectivity index (χ2v) is 6.34. The molecular weight excluding hydrogens is 276 g/mol. The highest BCUT2D eigenvalue weighted by atomic mass is 16.2. The Morgan fingerprint density at radius 1 is 1.14 bits per heavy atom. The third-order valence-corrected chi connectivity index (χ3v) is 4.83. The third kappa shape index (κ3) is 3.24. The molecule has 5 heteroatoms. The lowest BCUT2D eigenvalue weighted by Gasteiger charge is -2.24. The average molecular weight is 302 g/mol.